The zero-order chi connectivity index (χ0) is 20.0. The van der Waals surface area contributed by atoms with E-state index in [2.05, 4.69) is 21.5 Å². The molecule has 0 saturated heterocycles. The van der Waals surface area contributed by atoms with Gasteiger partial charge in [0.2, 0.25) is 0 Å². The van der Waals surface area contributed by atoms with E-state index >= 15 is 0 Å². The molecule has 0 unspecified atom stereocenters. The highest BCUT2D eigenvalue weighted by Gasteiger charge is 2.14. The fourth-order valence-electron chi connectivity index (χ4n) is 2.61. The molecule has 8 nitrogen and oxygen atoms in total. The van der Waals surface area contributed by atoms with E-state index in [0.29, 0.717) is 23.5 Å². The maximum atomic E-state index is 11.5. The highest BCUT2D eigenvalue weighted by atomic mass is 16.5. The number of benzene rings is 1. The monoisotopic (exact) mass is 368 g/mol. The second kappa shape index (κ2) is 8.94. The molecule has 0 aliphatic carbocycles. The van der Waals surface area contributed by atoms with Crippen molar-refractivity contribution >= 4 is 11.8 Å². The molecule has 0 spiro atoms. The Balaban J connectivity index is 2.27. The minimum absolute atomic E-state index is 0.182. The van der Waals surface area contributed by atoms with E-state index in [1.807, 2.05) is 44.8 Å². The average Bonchev–Trinajstić information content (AvgIpc) is 3.03. The van der Waals surface area contributed by atoms with E-state index in [1.54, 1.807) is 16.8 Å². The molecular weight excluding hydrogens is 344 g/mol. The lowest BCUT2D eigenvalue weighted by Gasteiger charge is -2.25. The normalized spacial score (nSPS) is 11.2. The van der Waals surface area contributed by atoms with Gasteiger partial charge in [-0.15, -0.1) is 5.11 Å². The Morgan fingerprint density at radius 1 is 1.26 bits per heavy atom. The molecule has 0 saturated carbocycles. The molecule has 2 rings (SSSR count). The summed E-state index contributed by atoms with van der Waals surface area (Å²) in [4.78, 5) is 11.5. The summed E-state index contributed by atoms with van der Waals surface area (Å²) in [5, 5.41) is 24.1. The van der Waals surface area contributed by atoms with Crippen molar-refractivity contribution in [1.29, 1.82) is 5.26 Å². The largest absolute Gasteiger partial charge is 0.465 e. The van der Waals surface area contributed by atoms with Gasteiger partial charge in [-0.2, -0.15) is 10.4 Å². The van der Waals surface area contributed by atoms with E-state index in [4.69, 9.17) is 4.74 Å². The summed E-state index contributed by atoms with van der Waals surface area (Å²) >= 11 is 0. The fourth-order valence-corrected chi connectivity index (χ4v) is 2.61. The average molecular weight is 368 g/mol. The fraction of sp³-hybridized carbons (Fsp3) is 0.421. The highest BCUT2D eigenvalue weighted by Crippen LogP contribution is 2.21. The highest BCUT2D eigenvalue weighted by molar-refractivity contribution is 5.89. The Kier molecular flexibility index (Phi) is 6.66. The molecule has 27 heavy (non-hydrogen) atoms. The topological polar surface area (TPSA) is 95.9 Å². The smallest absolute Gasteiger partial charge is 0.337 e. The number of carbonyl (C=O) groups excluding carboxylic acids is 1. The molecule has 1 aromatic carbocycles. The number of nitrogens with zero attached hydrogens (tertiary/aromatic N) is 6. The molecule has 0 N–H and O–H groups in total. The summed E-state index contributed by atoms with van der Waals surface area (Å²) in [6.07, 6.45) is 1.48. The van der Waals surface area contributed by atoms with E-state index in [1.165, 1.54) is 13.3 Å². The lowest BCUT2D eigenvalue weighted by molar-refractivity contribution is 0.0600. The minimum Gasteiger partial charge on any atom is -0.465 e. The van der Waals surface area contributed by atoms with Crippen LogP contribution in [0.25, 0.3) is 0 Å². The summed E-state index contributed by atoms with van der Waals surface area (Å²) in [5.41, 5.74) is 1.75. The van der Waals surface area contributed by atoms with Gasteiger partial charge in [-0.25, -0.2) is 9.48 Å². The van der Waals surface area contributed by atoms with Gasteiger partial charge in [0.15, 0.2) is 5.82 Å². The molecule has 1 aromatic heterocycles. The number of ether oxygens (including phenoxy) is 1. The number of carbonyl (C=O) groups is 1. The van der Waals surface area contributed by atoms with Crippen LogP contribution in [0, 0.1) is 11.3 Å². The minimum atomic E-state index is -0.385. The zero-order valence-corrected chi connectivity index (χ0v) is 16.2. The molecule has 0 amide bonds. The van der Waals surface area contributed by atoms with Crippen LogP contribution in [0.1, 0.15) is 49.2 Å². The van der Waals surface area contributed by atoms with Crippen molar-refractivity contribution in [1.82, 2.24) is 14.8 Å². The number of aromatic nitrogens is 2. The van der Waals surface area contributed by atoms with Gasteiger partial charge in [-0.3, -0.25) is 5.01 Å². The van der Waals surface area contributed by atoms with Crippen LogP contribution in [-0.2, 0) is 11.3 Å². The molecule has 2 aromatic rings. The Hall–Kier alpha value is -3.21. The first-order valence-corrected chi connectivity index (χ1v) is 8.70. The molecule has 1 heterocycles. The van der Waals surface area contributed by atoms with Crippen molar-refractivity contribution in [3.63, 3.8) is 0 Å². The molecule has 142 valence electrons. The first kappa shape index (κ1) is 20.1. The predicted molar refractivity (Wildman–Crippen MR) is 100 cm³/mol. The molecule has 0 radical (unpaired) electrons. The van der Waals surface area contributed by atoms with Crippen LogP contribution in [0.5, 0.6) is 0 Å². The van der Waals surface area contributed by atoms with E-state index in [0.717, 1.165) is 5.56 Å². The molecule has 0 aliphatic heterocycles. The lowest BCUT2D eigenvalue weighted by atomic mass is 10.1. The number of esters is 1. The molecule has 0 aliphatic rings. The van der Waals surface area contributed by atoms with Crippen LogP contribution in [0.15, 0.2) is 40.8 Å². The molecule has 8 heteroatoms. The number of hydrogen-bond acceptors (Lipinski definition) is 6. The number of hydrogen-bond donors (Lipinski definition) is 0. The Bertz CT molecular complexity index is 838. The van der Waals surface area contributed by atoms with Crippen LogP contribution in [0.2, 0.25) is 0 Å². The van der Waals surface area contributed by atoms with E-state index in [9.17, 15) is 10.1 Å². The number of nitriles is 1. The summed E-state index contributed by atoms with van der Waals surface area (Å²) in [6.45, 7) is 8.53. The molecule has 0 bridgehead atoms. The van der Waals surface area contributed by atoms with Crippen molar-refractivity contribution in [3.05, 3.63) is 47.2 Å². The Morgan fingerprint density at radius 2 is 1.89 bits per heavy atom. The van der Waals surface area contributed by atoms with Gasteiger partial charge in [0.25, 0.3) is 0 Å². The first-order valence-electron chi connectivity index (χ1n) is 8.70. The third kappa shape index (κ3) is 4.91. The summed E-state index contributed by atoms with van der Waals surface area (Å²) in [5.74, 6) is 0.0187. The Morgan fingerprint density at radius 3 is 2.41 bits per heavy atom. The summed E-state index contributed by atoms with van der Waals surface area (Å²) < 4.78 is 6.32. The van der Waals surface area contributed by atoms with Crippen molar-refractivity contribution in [2.24, 2.45) is 10.3 Å². The van der Waals surface area contributed by atoms with Crippen molar-refractivity contribution in [3.8, 4) is 6.07 Å². The molecule has 0 fully saturated rings. The van der Waals surface area contributed by atoms with Gasteiger partial charge >= 0.3 is 5.97 Å². The second-order valence-corrected chi connectivity index (χ2v) is 6.60. The number of methoxy groups -OCH3 is 1. The van der Waals surface area contributed by atoms with Gasteiger partial charge < -0.3 is 4.74 Å². The van der Waals surface area contributed by atoms with Crippen molar-refractivity contribution in [2.45, 2.75) is 46.3 Å². The molecule has 0 atom stereocenters. The van der Waals surface area contributed by atoms with Crippen LogP contribution >= 0.6 is 0 Å². The van der Waals surface area contributed by atoms with Crippen LogP contribution in [0.4, 0.5) is 5.82 Å². The lowest BCUT2D eigenvalue weighted by Crippen LogP contribution is -2.31. The number of rotatable bonds is 7. The third-order valence-corrected chi connectivity index (χ3v) is 3.94. The van der Waals surface area contributed by atoms with Gasteiger partial charge in [-0.05, 0) is 45.4 Å². The standard InChI is InChI=1S/C19H24N6O2/c1-13(2)25(14(3)4)23-22-18-17(10-20)11-21-24(18)12-15-6-8-16(9-7-15)19(26)27-5/h6-9,11,13-14H,12H2,1-5H3/b23-22+. The van der Waals surface area contributed by atoms with Gasteiger partial charge in [0.05, 0.1) is 25.4 Å². The maximum Gasteiger partial charge on any atom is 0.337 e. The maximum absolute atomic E-state index is 11.5. The second-order valence-electron chi connectivity index (χ2n) is 6.60. The summed E-state index contributed by atoms with van der Waals surface area (Å²) in [6, 6.07) is 9.47. The van der Waals surface area contributed by atoms with Gasteiger partial charge in [0.1, 0.15) is 11.6 Å². The SMILES string of the molecule is COC(=O)c1ccc(Cn2ncc(C#N)c2/N=N/N(C(C)C)C(C)C)cc1. The van der Waals surface area contributed by atoms with Crippen LogP contribution in [-0.4, -0.2) is 40.0 Å². The van der Waals surface area contributed by atoms with Crippen molar-refractivity contribution < 1.29 is 9.53 Å². The van der Waals surface area contributed by atoms with Gasteiger partial charge in [-0.1, -0.05) is 17.4 Å². The zero-order valence-electron chi connectivity index (χ0n) is 16.2. The predicted octanol–water partition coefficient (Wildman–Crippen LogP) is 3.71. The molecular formula is C19H24N6O2. The first-order chi connectivity index (χ1) is 12.9. The van der Waals surface area contributed by atoms with E-state index in [-0.39, 0.29) is 18.1 Å². The quantitative estimate of drug-likeness (QED) is 0.422. The third-order valence-electron chi connectivity index (χ3n) is 3.94. The summed E-state index contributed by atoms with van der Waals surface area (Å²) in [7, 11) is 1.35. The Labute approximate surface area is 159 Å². The van der Waals surface area contributed by atoms with Crippen LogP contribution in [0.3, 0.4) is 0 Å². The van der Waals surface area contributed by atoms with E-state index < -0.39 is 0 Å². The van der Waals surface area contributed by atoms with Crippen molar-refractivity contribution in [2.75, 3.05) is 7.11 Å². The van der Waals surface area contributed by atoms with Gasteiger partial charge in [0, 0.05) is 12.1 Å². The van der Waals surface area contributed by atoms with Crippen LogP contribution < -0.4 is 0 Å².